The molecule has 2 aromatic rings. The molecule has 1 N–H and O–H groups in total. The Kier molecular flexibility index (Phi) is 4.64. The first-order valence-corrected chi connectivity index (χ1v) is 8.20. The number of para-hydroxylation sites is 1. The van der Waals surface area contributed by atoms with Gasteiger partial charge in [0.25, 0.3) is 10.0 Å². The van der Waals surface area contributed by atoms with E-state index in [-0.39, 0.29) is 4.90 Å². The Morgan fingerprint density at radius 2 is 1.62 bits per heavy atom. The average Bonchev–Trinajstić information content (AvgIpc) is 2.45. The number of hydrogen-bond acceptors (Lipinski definition) is 3. The SMILES string of the molecule is O=C(O)CN(c1ccccc1)S(=O)(=O)c1ccccc1Br. The largest absolute Gasteiger partial charge is 0.480 e. The molecule has 0 amide bonds. The smallest absolute Gasteiger partial charge is 0.324 e. The maximum Gasteiger partial charge on any atom is 0.324 e. The molecule has 0 saturated carbocycles. The molecule has 0 aliphatic carbocycles. The number of halogens is 1. The number of nitrogens with zero attached hydrogens (tertiary/aromatic N) is 1. The standard InChI is InChI=1S/C14H12BrNO4S/c15-12-8-4-5-9-13(12)21(19,20)16(10-14(17)18)11-6-2-1-3-7-11/h1-9H,10H2,(H,17,18). The molecular formula is C14H12BrNO4S. The molecule has 7 heteroatoms. The summed E-state index contributed by atoms with van der Waals surface area (Å²) in [6.07, 6.45) is 0. The molecule has 0 atom stereocenters. The van der Waals surface area contributed by atoms with Crippen LogP contribution in [0.25, 0.3) is 0 Å². The van der Waals surface area contributed by atoms with E-state index >= 15 is 0 Å². The lowest BCUT2D eigenvalue weighted by molar-refractivity contribution is -0.135. The summed E-state index contributed by atoms with van der Waals surface area (Å²) in [6.45, 7) is -0.645. The van der Waals surface area contributed by atoms with E-state index in [1.807, 2.05) is 0 Å². The summed E-state index contributed by atoms with van der Waals surface area (Å²) in [5.41, 5.74) is 0.302. The van der Waals surface area contributed by atoms with Crippen molar-refractivity contribution in [1.82, 2.24) is 0 Å². The highest BCUT2D eigenvalue weighted by Gasteiger charge is 2.28. The Morgan fingerprint density at radius 1 is 1.05 bits per heavy atom. The highest BCUT2D eigenvalue weighted by molar-refractivity contribution is 9.10. The summed E-state index contributed by atoms with van der Waals surface area (Å²) < 4.78 is 26.7. The minimum atomic E-state index is -3.97. The lowest BCUT2D eigenvalue weighted by atomic mass is 10.3. The van der Waals surface area contributed by atoms with Crippen molar-refractivity contribution in [2.75, 3.05) is 10.8 Å². The third-order valence-electron chi connectivity index (χ3n) is 2.73. The van der Waals surface area contributed by atoms with Crippen LogP contribution in [-0.4, -0.2) is 26.0 Å². The average molecular weight is 370 g/mol. The number of rotatable bonds is 5. The first kappa shape index (κ1) is 15.5. The maximum absolute atomic E-state index is 12.7. The van der Waals surface area contributed by atoms with Crippen molar-refractivity contribution in [2.24, 2.45) is 0 Å². The van der Waals surface area contributed by atoms with E-state index in [1.54, 1.807) is 48.5 Å². The Hall–Kier alpha value is -1.86. The van der Waals surface area contributed by atoms with Crippen molar-refractivity contribution in [3.05, 3.63) is 59.1 Å². The van der Waals surface area contributed by atoms with Crippen LogP contribution in [0.1, 0.15) is 0 Å². The van der Waals surface area contributed by atoms with Crippen molar-refractivity contribution < 1.29 is 18.3 Å². The highest BCUT2D eigenvalue weighted by atomic mass is 79.9. The molecule has 5 nitrogen and oxygen atoms in total. The predicted octanol–water partition coefficient (Wildman–Crippen LogP) is 2.73. The number of aliphatic carboxylic acids is 1. The van der Waals surface area contributed by atoms with E-state index in [1.165, 1.54) is 6.07 Å². The monoisotopic (exact) mass is 369 g/mol. The highest BCUT2D eigenvalue weighted by Crippen LogP contribution is 2.28. The molecule has 110 valence electrons. The van der Waals surface area contributed by atoms with Gasteiger partial charge in [0.2, 0.25) is 0 Å². The molecule has 0 aliphatic rings. The molecule has 0 unspecified atom stereocenters. The number of sulfonamides is 1. The van der Waals surface area contributed by atoms with E-state index in [0.29, 0.717) is 10.2 Å². The van der Waals surface area contributed by atoms with Gasteiger partial charge in [-0.05, 0) is 40.2 Å². The summed E-state index contributed by atoms with van der Waals surface area (Å²) in [6, 6.07) is 14.4. The van der Waals surface area contributed by atoms with Gasteiger partial charge in [-0.2, -0.15) is 0 Å². The molecule has 2 rings (SSSR count). The Labute approximate surface area is 131 Å². The van der Waals surface area contributed by atoms with Crippen LogP contribution in [0.2, 0.25) is 0 Å². The summed E-state index contributed by atoms with van der Waals surface area (Å²) in [5.74, 6) is -1.23. The van der Waals surface area contributed by atoms with Gasteiger partial charge in [0.15, 0.2) is 0 Å². The predicted molar refractivity (Wildman–Crippen MR) is 82.8 cm³/mol. The van der Waals surface area contributed by atoms with Gasteiger partial charge in [-0.1, -0.05) is 30.3 Å². The van der Waals surface area contributed by atoms with Gasteiger partial charge >= 0.3 is 5.97 Å². The molecule has 0 heterocycles. The molecule has 21 heavy (non-hydrogen) atoms. The quantitative estimate of drug-likeness (QED) is 0.878. The molecule has 0 spiro atoms. The van der Waals surface area contributed by atoms with Gasteiger partial charge in [0.1, 0.15) is 11.4 Å². The minimum absolute atomic E-state index is 0.0232. The van der Waals surface area contributed by atoms with Crippen LogP contribution in [0, 0.1) is 0 Å². The second kappa shape index (κ2) is 6.28. The van der Waals surface area contributed by atoms with E-state index in [4.69, 9.17) is 5.11 Å². The topological polar surface area (TPSA) is 74.7 Å². The van der Waals surface area contributed by atoms with E-state index in [0.717, 1.165) is 4.31 Å². The zero-order valence-electron chi connectivity index (χ0n) is 10.8. The second-order valence-electron chi connectivity index (χ2n) is 4.17. The fourth-order valence-corrected chi connectivity index (χ4v) is 4.19. The molecule has 2 aromatic carbocycles. The minimum Gasteiger partial charge on any atom is -0.480 e. The van der Waals surface area contributed by atoms with Gasteiger partial charge in [-0.3, -0.25) is 9.10 Å². The Balaban J connectivity index is 2.56. The second-order valence-corrected chi connectivity index (χ2v) is 6.86. The fourth-order valence-electron chi connectivity index (χ4n) is 1.80. The first-order chi connectivity index (χ1) is 9.93. The van der Waals surface area contributed by atoms with Crippen molar-refractivity contribution in [2.45, 2.75) is 4.90 Å². The molecule has 0 fully saturated rings. The van der Waals surface area contributed by atoms with E-state index in [9.17, 15) is 13.2 Å². The zero-order chi connectivity index (χ0) is 15.5. The van der Waals surface area contributed by atoms with Crippen LogP contribution in [-0.2, 0) is 14.8 Å². The maximum atomic E-state index is 12.7. The summed E-state index contributed by atoms with van der Waals surface area (Å²) in [7, 11) is -3.97. The summed E-state index contributed by atoms with van der Waals surface area (Å²) in [4.78, 5) is 11.1. The molecular weight excluding hydrogens is 358 g/mol. The van der Waals surface area contributed by atoms with Crippen LogP contribution in [0.4, 0.5) is 5.69 Å². The van der Waals surface area contributed by atoms with Crippen LogP contribution >= 0.6 is 15.9 Å². The fraction of sp³-hybridized carbons (Fsp3) is 0.0714. The normalized spacial score (nSPS) is 11.1. The van der Waals surface area contributed by atoms with Gasteiger partial charge in [0, 0.05) is 4.47 Å². The first-order valence-electron chi connectivity index (χ1n) is 5.97. The van der Waals surface area contributed by atoms with Crippen molar-refractivity contribution in [3.63, 3.8) is 0 Å². The third-order valence-corrected chi connectivity index (χ3v) is 5.51. The molecule has 0 saturated heterocycles. The van der Waals surface area contributed by atoms with Gasteiger partial charge < -0.3 is 5.11 Å². The van der Waals surface area contributed by atoms with Crippen molar-refractivity contribution in [3.8, 4) is 0 Å². The third kappa shape index (κ3) is 3.43. The Morgan fingerprint density at radius 3 is 2.19 bits per heavy atom. The van der Waals surface area contributed by atoms with Crippen molar-refractivity contribution in [1.29, 1.82) is 0 Å². The number of anilines is 1. The molecule has 0 bridgehead atoms. The van der Waals surface area contributed by atoms with Gasteiger partial charge in [-0.25, -0.2) is 8.42 Å². The molecule has 0 aromatic heterocycles. The van der Waals surface area contributed by atoms with E-state index in [2.05, 4.69) is 15.9 Å². The van der Waals surface area contributed by atoms with E-state index < -0.39 is 22.5 Å². The van der Waals surface area contributed by atoms with Crippen LogP contribution in [0.5, 0.6) is 0 Å². The van der Waals surface area contributed by atoms with Crippen LogP contribution < -0.4 is 4.31 Å². The summed E-state index contributed by atoms with van der Waals surface area (Å²) in [5, 5.41) is 9.01. The summed E-state index contributed by atoms with van der Waals surface area (Å²) >= 11 is 3.19. The number of carboxylic acids is 1. The Bertz CT molecular complexity index is 747. The number of benzene rings is 2. The van der Waals surface area contributed by atoms with Crippen LogP contribution in [0.3, 0.4) is 0 Å². The lowest BCUT2D eigenvalue weighted by Crippen LogP contribution is -2.35. The number of carbonyl (C=O) groups is 1. The molecule has 0 radical (unpaired) electrons. The molecule has 0 aliphatic heterocycles. The number of hydrogen-bond donors (Lipinski definition) is 1. The zero-order valence-corrected chi connectivity index (χ0v) is 13.2. The van der Waals surface area contributed by atoms with Gasteiger partial charge in [-0.15, -0.1) is 0 Å². The van der Waals surface area contributed by atoms with Crippen molar-refractivity contribution >= 4 is 37.6 Å². The van der Waals surface area contributed by atoms with Crippen LogP contribution in [0.15, 0.2) is 64.0 Å². The van der Waals surface area contributed by atoms with Gasteiger partial charge in [0.05, 0.1) is 5.69 Å². The number of carboxylic acid groups (broad SMARTS) is 1. The lowest BCUT2D eigenvalue weighted by Gasteiger charge is -2.23.